The van der Waals surface area contributed by atoms with Gasteiger partial charge in [0.05, 0.1) is 12.8 Å². The summed E-state index contributed by atoms with van der Waals surface area (Å²) >= 11 is 0. The Morgan fingerprint density at radius 1 is 1.47 bits per heavy atom. The van der Waals surface area contributed by atoms with E-state index in [1.54, 1.807) is 13.0 Å². The summed E-state index contributed by atoms with van der Waals surface area (Å²) in [7, 11) is 1.52. The zero-order valence-corrected chi connectivity index (χ0v) is 8.83. The smallest absolute Gasteiger partial charge is 0.221 e. The van der Waals surface area contributed by atoms with Crippen LogP contribution in [0.3, 0.4) is 0 Å². The van der Waals surface area contributed by atoms with E-state index in [2.05, 4.69) is 10.5 Å². The van der Waals surface area contributed by atoms with Crippen LogP contribution >= 0.6 is 0 Å². The zero-order chi connectivity index (χ0) is 11.4. The molecular formula is C10H12N2O3. The summed E-state index contributed by atoms with van der Waals surface area (Å²) in [5, 5.41) is 5.39. The van der Waals surface area contributed by atoms with Crippen molar-refractivity contribution >= 4 is 17.3 Å². The van der Waals surface area contributed by atoms with Crippen LogP contribution in [-0.4, -0.2) is 13.0 Å². The molecule has 0 atom stereocenters. The molecule has 15 heavy (non-hydrogen) atoms. The summed E-state index contributed by atoms with van der Waals surface area (Å²) in [6.45, 7) is 3.12. The minimum Gasteiger partial charge on any atom is -0.496 e. The third-order valence-electron chi connectivity index (χ3n) is 2.01. The molecule has 1 N–H and O–H groups in total. The predicted molar refractivity (Wildman–Crippen MR) is 57.5 cm³/mol. The van der Waals surface area contributed by atoms with E-state index >= 15 is 0 Å². The maximum absolute atomic E-state index is 10.9. The Morgan fingerprint density at radius 2 is 2.13 bits per heavy atom. The molecule has 0 aliphatic heterocycles. The average molecular weight is 208 g/mol. The van der Waals surface area contributed by atoms with Gasteiger partial charge in [0.2, 0.25) is 5.91 Å². The Bertz CT molecular complexity index is 402. The molecule has 1 rings (SSSR count). The fourth-order valence-corrected chi connectivity index (χ4v) is 1.31. The van der Waals surface area contributed by atoms with Gasteiger partial charge < -0.3 is 10.1 Å². The highest BCUT2D eigenvalue weighted by Crippen LogP contribution is 2.34. The van der Waals surface area contributed by atoms with Crippen molar-refractivity contribution in [1.82, 2.24) is 0 Å². The number of nitrogens with one attached hydrogen (secondary N) is 1. The van der Waals surface area contributed by atoms with Gasteiger partial charge in [-0.05, 0) is 24.2 Å². The first-order valence-corrected chi connectivity index (χ1v) is 4.38. The number of methoxy groups -OCH3 is 1. The molecule has 0 bridgehead atoms. The van der Waals surface area contributed by atoms with E-state index in [0.29, 0.717) is 17.0 Å². The van der Waals surface area contributed by atoms with Crippen LogP contribution in [-0.2, 0) is 4.79 Å². The topological polar surface area (TPSA) is 67.8 Å². The first-order chi connectivity index (χ1) is 7.10. The number of benzene rings is 1. The Kier molecular flexibility index (Phi) is 3.38. The van der Waals surface area contributed by atoms with E-state index in [4.69, 9.17) is 4.74 Å². The molecule has 0 radical (unpaired) electrons. The number of hydrogen-bond donors (Lipinski definition) is 1. The molecule has 1 amide bonds. The van der Waals surface area contributed by atoms with Crippen LogP contribution in [0.2, 0.25) is 0 Å². The van der Waals surface area contributed by atoms with Crippen LogP contribution in [0.5, 0.6) is 5.75 Å². The van der Waals surface area contributed by atoms with Crippen molar-refractivity contribution in [1.29, 1.82) is 0 Å². The van der Waals surface area contributed by atoms with Crippen molar-refractivity contribution in [2.75, 3.05) is 12.4 Å². The van der Waals surface area contributed by atoms with E-state index in [-0.39, 0.29) is 11.6 Å². The van der Waals surface area contributed by atoms with Gasteiger partial charge in [0.25, 0.3) is 0 Å². The van der Waals surface area contributed by atoms with Crippen molar-refractivity contribution < 1.29 is 9.53 Å². The van der Waals surface area contributed by atoms with E-state index in [1.165, 1.54) is 20.1 Å². The molecule has 0 aliphatic rings. The van der Waals surface area contributed by atoms with Crippen LogP contribution < -0.4 is 10.1 Å². The number of amides is 1. The lowest BCUT2D eigenvalue weighted by atomic mass is 10.1. The SMILES string of the molecule is COc1ccc(N=O)c(NC(C)=O)c1C. The average Bonchev–Trinajstić information content (AvgIpc) is 2.20. The number of hydrogen-bond acceptors (Lipinski definition) is 4. The van der Waals surface area contributed by atoms with Gasteiger partial charge in [0.15, 0.2) is 0 Å². The summed E-state index contributed by atoms with van der Waals surface area (Å²) in [6.07, 6.45) is 0. The summed E-state index contributed by atoms with van der Waals surface area (Å²) in [5.41, 5.74) is 1.28. The van der Waals surface area contributed by atoms with Crippen LogP contribution in [0, 0.1) is 11.8 Å². The van der Waals surface area contributed by atoms with Crippen LogP contribution in [0.25, 0.3) is 0 Å². The van der Waals surface area contributed by atoms with Gasteiger partial charge >= 0.3 is 0 Å². The Labute approximate surface area is 87.4 Å². The van der Waals surface area contributed by atoms with Crippen molar-refractivity contribution in [2.45, 2.75) is 13.8 Å². The van der Waals surface area contributed by atoms with E-state index < -0.39 is 0 Å². The minimum atomic E-state index is -0.253. The molecule has 5 nitrogen and oxygen atoms in total. The number of nitrogens with zero attached hydrogens (tertiary/aromatic N) is 1. The van der Waals surface area contributed by atoms with Gasteiger partial charge in [-0.3, -0.25) is 4.79 Å². The molecule has 0 spiro atoms. The normalized spacial score (nSPS) is 9.53. The number of ether oxygens (including phenoxy) is 1. The van der Waals surface area contributed by atoms with Crippen LogP contribution in [0.15, 0.2) is 17.3 Å². The molecule has 0 saturated heterocycles. The van der Waals surface area contributed by atoms with Gasteiger partial charge in [-0.1, -0.05) is 0 Å². The molecule has 0 unspecified atom stereocenters. The maximum Gasteiger partial charge on any atom is 0.221 e. The summed E-state index contributed by atoms with van der Waals surface area (Å²) < 4.78 is 5.07. The second-order valence-electron chi connectivity index (χ2n) is 3.06. The lowest BCUT2D eigenvalue weighted by Gasteiger charge is -2.11. The molecule has 1 aromatic carbocycles. The second-order valence-corrected chi connectivity index (χ2v) is 3.06. The Morgan fingerprint density at radius 3 is 2.60 bits per heavy atom. The number of anilines is 1. The highest BCUT2D eigenvalue weighted by Gasteiger charge is 2.11. The maximum atomic E-state index is 10.9. The molecule has 0 heterocycles. The summed E-state index contributed by atoms with van der Waals surface area (Å²) in [5.74, 6) is 0.349. The van der Waals surface area contributed by atoms with Crippen molar-refractivity contribution in [3.63, 3.8) is 0 Å². The van der Waals surface area contributed by atoms with Crippen molar-refractivity contribution in [3.05, 3.63) is 22.6 Å². The van der Waals surface area contributed by atoms with E-state index in [0.717, 1.165) is 0 Å². The molecule has 0 aliphatic carbocycles. The quantitative estimate of drug-likeness (QED) is 0.775. The highest BCUT2D eigenvalue weighted by molar-refractivity contribution is 5.93. The largest absolute Gasteiger partial charge is 0.496 e. The fraction of sp³-hybridized carbons (Fsp3) is 0.300. The minimum absolute atomic E-state index is 0.198. The number of carbonyl (C=O) groups is 1. The lowest BCUT2D eigenvalue weighted by Crippen LogP contribution is -2.07. The van der Waals surface area contributed by atoms with Crippen molar-refractivity contribution in [2.24, 2.45) is 5.18 Å². The molecule has 5 heteroatoms. The second kappa shape index (κ2) is 4.54. The predicted octanol–water partition coefficient (Wildman–Crippen LogP) is 2.36. The van der Waals surface area contributed by atoms with E-state index in [9.17, 15) is 9.70 Å². The van der Waals surface area contributed by atoms with Crippen LogP contribution in [0.1, 0.15) is 12.5 Å². The third-order valence-corrected chi connectivity index (χ3v) is 2.01. The monoisotopic (exact) mass is 208 g/mol. The van der Waals surface area contributed by atoms with Gasteiger partial charge in [-0.25, -0.2) is 0 Å². The zero-order valence-electron chi connectivity index (χ0n) is 8.83. The van der Waals surface area contributed by atoms with Crippen molar-refractivity contribution in [3.8, 4) is 5.75 Å². The van der Waals surface area contributed by atoms with Gasteiger partial charge in [0.1, 0.15) is 11.4 Å². The molecular weight excluding hydrogens is 196 g/mol. The number of carbonyl (C=O) groups excluding carboxylic acids is 1. The molecule has 0 saturated carbocycles. The van der Waals surface area contributed by atoms with Crippen LogP contribution in [0.4, 0.5) is 11.4 Å². The summed E-state index contributed by atoms with van der Waals surface area (Å²) in [6, 6.07) is 3.14. The first kappa shape index (κ1) is 11.2. The molecule has 0 fully saturated rings. The van der Waals surface area contributed by atoms with Gasteiger partial charge in [-0.2, -0.15) is 0 Å². The standard InChI is InChI=1S/C10H12N2O3/c1-6-9(15-3)5-4-8(12-14)10(6)11-7(2)13/h4-5H,1-3H3,(H,11,13). The van der Waals surface area contributed by atoms with E-state index in [1.807, 2.05) is 0 Å². The lowest BCUT2D eigenvalue weighted by molar-refractivity contribution is -0.114. The Balaban J connectivity index is 3.28. The van der Waals surface area contributed by atoms with Gasteiger partial charge in [0, 0.05) is 12.5 Å². The molecule has 0 aromatic heterocycles. The number of rotatable bonds is 3. The Hall–Kier alpha value is -1.91. The van der Waals surface area contributed by atoms with Gasteiger partial charge in [-0.15, -0.1) is 4.91 Å². The third kappa shape index (κ3) is 2.31. The molecule has 80 valence electrons. The fourth-order valence-electron chi connectivity index (χ4n) is 1.31. The first-order valence-electron chi connectivity index (χ1n) is 4.38. The highest BCUT2D eigenvalue weighted by atomic mass is 16.5. The summed E-state index contributed by atoms with van der Waals surface area (Å²) in [4.78, 5) is 21.5. The molecule has 1 aromatic rings. The number of nitroso groups, excluding NO2 is 1.